The summed E-state index contributed by atoms with van der Waals surface area (Å²) in [5.74, 6) is -1.99. The SMILES string of the molecule is COC(=O)c1sccc1S(=O)(=O)Nc1ccc2nc(C(F)(F)F)[nH]c2c1. The number of hydrogen-bond donors (Lipinski definition) is 2. The van der Waals surface area contributed by atoms with Gasteiger partial charge in [0.15, 0.2) is 0 Å². The number of sulfonamides is 1. The zero-order valence-corrected chi connectivity index (χ0v) is 14.6. The highest BCUT2D eigenvalue weighted by Crippen LogP contribution is 2.30. The number of nitrogens with one attached hydrogen (secondary N) is 2. The lowest BCUT2D eigenvalue weighted by Crippen LogP contribution is -2.15. The number of H-pyrrole nitrogens is 1. The van der Waals surface area contributed by atoms with Crippen LogP contribution in [0.3, 0.4) is 0 Å². The van der Waals surface area contributed by atoms with E-state index in [4.69, 9.17) is 0 Å². The van der Waals surface area contributed by atoms with Crippen molar-refractivity contribution in [2.24, 2.45) is 0 Å². The normalized spacial score (nSPS) is 12.3. The predicted molar refractivity (Wildman–Crippen MR) is 87.6 cm³/mol. The van der Waals surface area contributed by atoms with Gasteiger partial charge in [-0.3, -0.25) is 4.72 Å². The van der Waals surface area contributed by atoms with Gasteiger partial charge in [-0.05, 0) is 29.6 Å². The number of methoxy groups -OCH3 is 1. The smallest absolute Gasteiger partial charge is 0.449 e. The molecule has 3 rings (SSSR count). The lowest BCUT2D eigenvalue weighted by molar-refractivity contribution is -0.144. The summed E-state index contributed by atoms with van der Waals surface area (Å²) in [6, 6.07) is 4.92. The number of halogens is 3. The maximum Gasteiger partial charge on any atom is 0.449 e. The molecular formula is C14H10F3N3O4S2. The topological polar surface area (TPSA) is 101 Å². The fourth-order valence-electron chi connectivity index (χ4n) is 2.17. The van der Waals surface area contributed by atoms with Crippen LogP contribution in [0.1, 0.15) is 15.5 Å². The Morgan fingerprint density at radius 3 is 2.69 bits per heavy atom. The first-order chi connectivity index (χ1) is 12.1. The summed E-state index contributed by atoms with van der Waals surface area (Å²) in [4.78, 5) is 16.7. The first-order valence-electron chi connectivity index (χ1n) is 6.87. The molecule has 0 amide bonds. The maximum absolute atomic E-state index is 12.7. The van der Waals surface area contributed by atoms with Crippen LogP contribution in [0.5, 0.6) is 0 Å². The number of benzene rings is 1. The number of alkyl halides is 3. The van der Waals surface area contributed by atoms with E-state index in [1.54, 1.807) is 0 Å². The number of esters is 1. The number of nitrogens with zero attached hydrogens (tertiary/aromatic N) is 1. The summed E-state index contributed by atoms with van der Waals surface area (Å²) in [5, 5.41) is 1.41. The number of carbonyl (C=O) groups excluding carboxylic acids is 1. The minimum Gasteiger partial charge on any atom is -0.465 e. The molecule has 0 saturated heterocycles. The number of thiophene rings is 1. The minimum absolute atomic E-state index is 0.0102. The van der Waals surface area contributed by atoms with Crippen LogP contribution in [0, 0.1) is 0 Å². The molecule has 0 radical (unpaired) electrons. The highest BCUT2D eigenvalue weighted by atomic mass is 32.2. The standard InChI is InChI=1S/C14H10F3N3O4S2/c1-24-12(21)11-10(4-5-25-11)26(22,23)20-7-2-3-8-9(6-7)19-13(18-8)14(15,16)17/h2-6,20H,1H3,(H,18,19). The average Bonchev–Trinajstić information content (AvgIpc) is 3.19. The predicted octanol–water partition coefficient (Wildman–Crippen LogP) is 3.23. The van der Waals surface area contributed by atoms with Gasteiger partial charge in [-0.25, -0.2) is 18.2 Å². The molecule has 2 aromatic heterocycles. The van der Waals surface area contributed by atoms with E-state index in [1.165, 1.54) is 29.6 Å². The van der Waals surface area contributed by atoms with Gasteiger partial charge in [-0.15, -0.1) is 11.3 Å². The number of anilines is 1. The van der Waals surface area contributed by atoms with Gasteiger partial charge in [-0.1, -0.05) is 0 Å². The molecule has 2 heterocycles. The zero-order chi connectivity index (χ0) is 19.1. The summed E-state index contributed by atoms with van der Waals surface area (Å²) in [6.45, 7) is 0. The molecular weight excluding hydrogens is 395 g/mol. The Kier molecular flexibility index (Phi) is 4.40. The van der Waals surface area contributed by atoms with Crippen molar-refractivity contribution in [1.29, 1.82) is 0 Å². The molecule has 0 saturated carbocycles. The average molecular weight is 405 g/mol. The Morgan fingerprint density at radius 2 is 2.04 bits per heavy atom. The highest BCUT2D eigenvalue weighted by molar-refractivity contribution is 7.93. The molecule has 0 unspecified atom stereocenters. The van der Waals surface area contributed by atoms with Gasteiger partial charge in [0.25, 0.3) is 10.0 Å². The highest BCUT2D eigenvalue weighted by Gasteiger charge is 2.34. The molecule has 12 heteroatoms. The van der Waals surface area contributed by atoms with Crippen molar-refractivity contribution in [3.8, 4) is 0 Å². The van der Waals surface area contributed by atoms with Crippen LogP contribution in [-0.4, -0.2) is 31.5 Å². The Bertz CT molecular complexity index is 1090. The number of fused-ring (bicyclic) bond motifs is 1. The van der Waals surface area contributed by atoms with Crippen LogP contribution < -0.4 is 4.72 Å². The van der Waals surface area contributed by atoms with Gasteiger partial charge in [0.2, 0.25) is 5.82 Å². The van der Waals surface area contributed by atoms with Crippen molar-refractivity contribution in [2.75, 3.05) is 11.8 Å². The summed E-state index contributed by atoms with van der Waals surface area (Å²) < 4.78 is 69.8. The molecule has 1 aromatic carbocycles. The fraction of sp³-hybridized carbons (Fsp3) is 0.143. The second-order valence-electron chi connectivity index (χ2n) is 5.03. The number of aromatic nitrogens is 2. The molecule has 0 aliphatic carbocycles. The Hall–Kier alpha value is -2.60. The summed E-state index contributed by atoms with van der Waals surface area (Å²) in [5.41, 5.74) is 0.0546. The first-order valence-corrected chi connectivity index (χ1v) is 9.23. The molecule has 138 valence electrons. The van der Waals surface area contributed by atoms with Crippen LogP contribution in [0.25, 0.3) is 11.0 Å². The first kappa shape index (κ1) is 18.2. The molecule has 0 spiro atoms. The largest absolute Gasteiger partial charge is 0.465 e. The number of rotatable bonds is 4. The summed E-state index contributed by atoms with van der Waals surface area (Å²) in [7, 11) is -3.02. The fourth-order valence-corrected chi connectivity index (χ4v) is 4.55. The monoisotopic (exact) mass is 405 g/mol. The van der Waals surface area contributed by atoms with E-state index < -0.39 is 28.0 Å². The van der Waals surface area contributed by atoms with Gasteiger partial charge in [0.05, 0.1) is 23.8 Å². The van der Waals surface area contributed by atoms with Gasteiger partial charge in [0.1, 0.15) is 9.77 Å². The molecule has 26 heavy (non-hydrogen) atoms. The molecule has 0 aliphatic heterocycles. The molecule has 7 nitrogen and oxygen atoms in total. The third-order valence-corrected chi connectivity index (χ3v) is 5.74. The second-order valence-corrected chi connectivity index (χ2v) is 7.59. The van der Waals surface area contributed by atoms with Crippen molar-refractivity contribution < 1.29 is 31.1 Å². The van der Waals surface area contributed by atoms with Crippen molar-refractivity contribution >= 4 is 44.1 Å². The summed E-state index contributed by atoms with van der Waals surface area (Å²) in [6.07, 6.45) is -4.65. The summed E-state index contributed by atoms with van der Waals surface area (Å²) >= 11 is 0.893. The van der Waals surface area contributed by atoms with Crippen molar-refractivity contribution in [1.82, 2.24) is 9.97 Å². The van der Waals surface area contributed by atoms with E-state index in [1.807, 2.05) is 0 Å². The van der Waals surface area contributed by atoms with E-state index in [0.29, 0.717) is 0 Å². The van der Waals surface area contributed by atoms with E-state index in [0.717, 1.165) is 18.4 Å². The number of hydrogen-bond acceptors (Lipinski definition) is 6. The van der Waals surface area contributed by atoms with Gasteiger partial charge >= 0.3 is 12.1 Å². The van der Waals surface area contributed by atoms with Crippen LogP contribution >= 0.6 is 11.3 Å². The molecule has 0 bridgehead atoms. The number of ether oxygens (including phenoxy) is 1. The van der Waals surface area contributed by atoms with E-state index in [-0.39, 0.29) is 26.5 Å². The molecule has 0 atom stereocenters. The Balaban J connectivity index is 1.95. The lowest BCUT2D eigenvalue weighted by atomic mass is 10.3. The van der Waals surface area contributed by atoms with Crippen LogP contribution in [0.4, 0.5) is 18.9 Å². The zero-order valence-electron chi connectivity index (χ0n) is 12.9. The van der Waals surface area contributed by atoms with Crippen LogP contribution in [0.15, 0.2) is 34.5 Å². The maximum atomic E-state index is 12.7. The van der Waals surface area contributed by atoms with Crippen molar-refractivity contribution in [3.05, 3.63) is 40.3 Å². The minimum atomic E-state index is -4.65. The van der Waals surface area contributed by atoms with Gasteiger partial charge in [0, 0.05) is 0 Å². The van der Waals surface area contributed by atoms with Crippen LogP contribution in [-0.2, 0) is 20.9 Å². The Morgan fingerprint density at radius 1 is 1.31 bits per heavy atom. The van der Waals surface area contributed by atoms with Crippen LogP contribution in [0.2, 0.25) is 0 Å². The van der Waals surface area contributed by atoms with E-state index >= 15 is 0 Å². The second kappa shape index (κ2) is 6.29. The van der Waals surface area contributed by atoms with Crippen molar-refractivity contribution in [2.45, 2.75) is 11.1 Å². The Labute approximate surface area is 148 Å². The quantitative estimate of drug-likeness (QED) is 0.649. The molecule has 2 N–H and O–H groups in total. The van der Waals surface area contributed by atoms with Gasteiger partial charge < -0.3 is 9.72 Å². The number of aromatic amines is 1. The van der Waals surface area contributed by atoms with Crippen molar-refractivity contribution in [3.63, 3.8) is 0 Å². The molecule has 0 aliphatic rings. The van der Waals surface area contributed by atoms with E-state index in [2.05, 4.69) is 19.4 Å². The van der Waals surface area contributed by atoms with E-state index in [9.17, 15) is 26.4 Å². The number of imidazole rings is 1. The third-order valence-electron chi connectivity index (χ3n) is 3.29. The lowest BCUT2D eigenvalue weighted by Gasteiger charge is -2.08. The number of carbonyl (C=O) groups is 1. The third kappa shape index (κ3) is 3.37. The van der Waals surface area contributed by atoms with Gasteiger partial charge in [-0.2, -0.15) is 13.2 Å². The molecule has 3 aromatic rings. The molecule has 0 fully saturated rings.